The Morgan fingerprint density at radius 1 is 0.879 bits per heavy atom. The highest BCUT2D eigenvalue weighted by molar-refractivity contribution is 5.85. The lowest BCUT2D eigenvalue weighted by Gasteiger charge is -2.35. The summed E-state index contributed by atoms with van der Waals surface area (Å²) in [5.41, 5.74) is -0.568. The third kappa shape index (κ3) is 22.3. The molecular formula is C26H58N4O3. The van der Waals surface area contributed by atoms with Crippen LogP contribution in [0.4, 0.5) is 0 Å². The summed E-state index contributed by atoms with van der Waals surface area (Å²) < 4.78 is 0. The van der Waals surface area contributed by atoms with Crippen LogP contribution in [0.15, 0.2) is 0 Å². The molecule has 0 bridgehead atoms. The molecule has 0 spiro atoms. The van der Waals surface area contributed by atoms with Crippen LogP contribution in [0.5, 0.6) is 0 Å². The van der Waals surface area contributed by atoms with Gasteiger partial charge in [0.25, 0.3) is 0 Å². The van der Waals surface area contributed by atoms with Crippen LogP contribution in [0.25, 0.3) is 0 Å². The quantitative estimate of drug-likeness (QED) is 0.487. The zero-order valence-electron chi connectivity index (χ0n) is 24.4. The highest BCUT2D eigenvalue weighted by atomic mass is 16.2. The monoisotopic (exact) mass is 474 g/mol. The van der Waals surface area contributed by atoms with E-state index in [2.05, 4.69) is 20.9 Å². The predicted molar refractivity (Wildman–Crippen MR) is 144 cm³/mol. The molecule has 7 nitrogen and oxygen atoms in total. The SMILES string of the molecule is CC.CC.CC(C)(C)C=O.CC(C)(C)C=O.CNCCN(CCNC)C1CNC(=O)C1(C)C. The molecule has 0 radical (unpaired) electrons. The molecular weight excluding hydrogens is 416 g/mol. The predicted octanol–water partition coefficient (Wildman–Crippen LogP) is 3.77. The van der Waals surface area contributed by atoms with Crippen LogP contribution in [0.2, 0.25) is 0 Å². The van der Waals surface area contributed by atoms with Gasteiger partial charge in [0.05, 0.1) is 5.41 Å². The van der Waals surface area contributed by atoms with E-state index in [9.17, 15) is 14.4 Å². The number of aldehydes is 2. The molecule has 1 fully saturated rings. The first-order chi connectivity index (χ1) is 15.2. The third-order valence-electron chi connectivity index (χ3n) is 4.32. The number of carbonyl (C=O) groups excluding carboxylic acids is 3. The van der Waals surface area contributed by atoms with E-state index in [4.69, 9.17) is 0 Å². The van der Waals surface area contributed by atoms with E-state index >= 15 is 0 Å². The Kier molecular flexibility index (Phi) is 25.1. The van der Waals surface area contributed by atoms with Crippen LogP contribution in [-0.4, -0.2) is 76.2 Å². The van der Waals surface area contributed by atoms with Crippen molar-refractivity contribution in [2.24, 2.45) is 16.2 Å². The van der Waals surface area contributed by atoms with Crippen LogP contribution in [0, 0.1) is 16.2 Å². The van der Waals surface area contributed by atoms with E-state index in [-0.39, 0.29) is 28.2 Å². The van der Waals surface area contributed by atoms with Crippen molar-refractivity contribution >= 4 is 18.5 Å². The van der Waals surface area contributed by atoms with Gasteiger partial charge in [-0.2, -0.15) is 0 Å². The van der Waals surface area contributed by atoms with E-state index < -0.39 is 0 Å². The number of carbonyl (C=O) groups is 3. The molecule has 200 valence electrons. The van der Waals surface area contributed by atoms with Crippen molar-refractivity contribution in [2.45, 2.75) is 89.1 Å². The van der Waals surface area contributed by atoms with Crippen molar-refractivity contribution in [3.8, 4) is 0 Å². The van der Waals surface area contributed by atoms with Crippen molar-refractivity contribution < 1.29 is 14.4 Å². The Balaban J connectivity index is -0.000000217. The van der Waals surface area contributed by atoms with E-state index in [0.717, 1.165) is 45.3 Å². The summed E-state index contributed by atoms with van der Waals surface area (Å²) >= 11 is 0. The van der Waals surface area contributed by atoms with Gasteiger partial charge in [0.1, 0.15) is 12.6 Å². The van der Waals surface area contributed by atoms with Crippen LogP contribution in [0.1, 0.15) is 83.1 Å². The van der Waals surface area contributed by atoms with E-state index in [0.29, 0.717) is 0 Å². The number of nitrogens with zero attached hydrogens (tertiary/aromatic N) is 1. The van der Waals surface area contributed by atoms with Crippen molar-refractivity contribution in [3.63, 3.8) is 0 Å². The molecule has 1 heterocycles. The van der Waals surface area contributed by atoms with Gasteiger partial charge in [-0.05, 0) is 27.9 Å². The van der Waals surface area contributed by atoms with Gasteiger partial charge in [-0.3, -0.25) is 9.69 Å². The molecule has 0 aromatic rings. The number of rotatable bonds is 7. The second kappa shape index (κ2) is 21.2. The first-order valence-corrected chi connectivity index (χ1v) is 12.4. The maximum Gasteiger partial charge on any atom is 0.227 e. The Labute approximate surface area is 206 Å². The molecule has 1 aliphatic rings. The first kappa shape index (κ1) is 38.9. The fourth-order valence-electron chi connectivity index (χ4n) is 2.34. The summed E-state index contributed by atoms with van der Waals surface area (Å²) in [5.74, 6) is 0.168. The summed E-state index contributed by atoms with van der Waals surface area (Å²) in [6, 6.07) is 0.289. The minimum atomic E-state index is -0.290. The minimum absolute atomic E-state index is 0.139. The fourth-order valence-corrected chi connectivity index (χ4v) is 2.34. The molecule has 33 heavy (non-hydrogen) atoms. The molecule has 1 rings (SSSR count). The van der Waals surface area contributed by atoms with E-state index in [1.165, 1.54) is 0 Å². The largest absolute Gasteiger partial charge is 0.354 e. The van der Waals surface area contributed by atoms with Crippen molar-refractivity contribution in [1.29, 1.82) is 0 Å². The Morgan fingerprint density at radius 3 is 1.36 bits per heavy atom. The number of likely N-dealkylation sites (N-methyl/N-ethyl adjacent to an activating group) is 2. The standard InChI is InChI=1S/C12H26N4O.2C5H10O.2C2H6/c1-12(2)10(9-15-11(12)17)16(7-5-13-3)8-6-14-4;2*1-5(2,3)4-6;2*1-2/h10,13-14H,5-9H2,1-4H3,(H,15,17);2*4H,1-3H3;2*1-2H3. The van der Waals surface area contributed by atoms with Crippen molar-refractivity contribution in [1.82, 2.24) is 20.9 Å². The van der Waals surface area contributed by atoms with Gasteiger partial charge in [-0.1, -0.05) is 69.2 Å². The Hall–Kier alpha value is -1.31. The minimum Gasteiger partial charge on any atom is -0.354 e. The van der Waals surface area contributed by atoms with Crippen LogP contribution < -0.4 is 16.0 Å². The summed E-state index contributed by atoms with van der Waals surface area (Å²) in [7, 11) is 3.92. The molecule has 0 saturated carbocycles. The molecule has 1 aliphatic heterocycles. The molecule has 0 aliphatic carbocycles. The second-order valence-electron chi connectivity index (χ2n) is 10.2. The lowest BCUT2D eigenvalue weighted by atomic mass is 9.86. The zero-order chi connectivity index (χ0) is 27.3. The van der Waals surface area contributed by atoms with Gasteiger partial charge in [0.15, 0.2) is 0 Å². The highest BCUT2D eigenvalue weighted by Gasteiger charge is 2.44. The molecule has 7 heteroatoms. The molecule has 0 aromatic heterocycles. The molecule has 3 N–H and O–H groups in total. The lowest BCUT2D eigenvalue weighted by Crippen LogP contribution is -2.49. The molecule has 1 atom stereocenters. The lowest BCUT2D eigenvalue weighted by molar-refractivity contribution is -0.127. The third-order valence-corrected chi connectivity index (χ3v) is 4.32. The van der Waals surface area contributed by atoms with Gasteiger partial charge >= 0.3 is 0 Å². The van der Waals surface area contributed by atoms with Gasteiger partial charge in [0.2, 0.25) is 5.91 Å². The van der Waals surface area contributed by atoms with Gasteiger partial charge in [-0.15, -0.1) is 0 Å². The number of amides is 1. The summed E-state index contributed by atoms with van der Waals surface area (Å²) in [6.45, 7) is 27.9. The number of hydrogen-bond acceptors (Lipinski definition) is 6. The van der Waals surface area contributed by atoms with E-state index in [1.807, 2.05) is 97.2 Å². The topological polar surface area (TPSA) is 90.5 Å². The number of hydrogen-bond donors (Lipinski definition) is 3. The average Bonchev–Trinajstić information content (AvgIpc) is 3.03. The molecule has 1 saturated heterocycles. The average molecular weight is 475 g/mol. The maximum atomic E-state index is 11.8. The molecule has 0 aromatic carbocycles. The molecule has 1 amide bonds. The van der Waals surface area contributed by atoms with Gasteiger partial charge in [0, 0.05) is 49.6 Å². The van der Waals surface area contributed by atoms with E-state index in [1.54, 1.807) is 0 Å². The summed E-state index contributed by atoms with van der Waals surface area (Å²) in [5, 5.41) is 9.31. The second-order valence-corrected chi connectivity index (χ2v) is 10.2. The first-order valence-electron chi connectivity index (χ1n) is 12.4. The smallest absolute Gasteiger partial charge is 0.227 e. The zero-order valence-corrected chi connectivity index (χ0v) is 24.4. The summed E-state index contributed by atoms with van der Waals surface area (Å²) in [6.07, 6.45) is 1.88. The van der Waals surface area contributed by atoms with Crippen LogP contribution in [0.3, 0.4) is 0 Å². The summed E-state index contributed by atoms with van der Waals surface area (Å²) in [4.78, 5) is 33.8. The Morgan fingerprint density at radius 2 is 1.18 bits per heavy atom. The fraction of sp³-hybridized carbons (Fsp3) is 0.885. The van der Waals surface area contributed by atoms with Crippen molar-refractivity contribution in [2.75, 3.05) is 46.8 Å². The molecule has 1 unspecified atom stereocenters. The highest BCUT2D eigenvalue weighted by Crippen LogP contribution is 2.29. The maximum absolute atomic E-state index is 11.8. The van der Waals surface area contributed by atoms with Crippen LogP contribution in [-0.2, 0) is 14.4 Å². The van der Waals surface area contributed by atoms with Crippen molar-refractivity contribution in [3.05, 3.63) is 0 Å². The van der Waals surface area contributed by atoms with Gasteiger partial charge in [-0.25, -0.2) is 0 Å². The Bertz CT molecular complexity index is 455. The normalized spacial score (nSPS) is 16.3. The van der Waals surface area contributed by atoms with Gasteiger partial charge < -0.3 is 25.5 Å². The number of nitrogens with one attached hydrogen (secondary N) is 3. The van der Waals surface area contributed by atoms with Crippen LogP contribution >= 0.6 is 0 Å².